The number of hydrogen-bond acceptors (Lipinski definition) is 3. The molecular formula is C24H46OS2. The van der Waals surface area contributed by atoms with Gasteiger partial charge in [-0.05, 0) is 29.1 Å². The van der Waals surface area contributed by atoms with Crippen LogP contribution in [-0.2, 0) is 4.79 Å². The van der Waals surface area contributed by atoms with Gasteiger partial charge < -0.3 is 0 Å². The van der Waals surface area contributed by atoms with Crippen molar-refractivity contribution in [1.82, 2.24) is 0 Å². The number of hydrogen-bond donors (Lipinski definition) is 0. The van der Waals surface area contributed by atoms with Gasteiger partial charge in [0, 0.05) is 16.6 Å². The summed E-state index contributed by atoms with van der Waals surface area (Å²) in [6, 6.07) is 0. The summed E-state index contributed by atoms with van der Waals surface area (Å²) in [7, 11) is 3.75. The van der Waals surface area contributed by atoms with E-state index in [0.717, 1.165) is 12.8 Å². The molecule has 0 atom stereocenters. The number of rotatable bonds is 6. The number of carbonyl (C=O) groups is 1. The molecule has 0 heterocycles. The SMILES string of the molecule is CC(C)(C)CC=CCC(=O)C(C)(C)C.CC(C)(C)CC=CSSC(C)(C)C. The van der Waals surface area contributed by atoms with Gasteiger partial charge in [0.05, 0.1) is 0 Å². The average Bonchev–Trinajstić information content (AvgIpc) is 2.39. The van der Waals surface area contributed by atoms with Gasteiger partial charge in [0.15, 0.2) is 0 Å². The molecule has 0 aliphatic rings. The number of allylic oxidation sites excluding steroid dienone is 3. The molecule has 0 aromatic carbocycles. The van der Waals surface area contributed by atoms with Crippen LogP contribution in [0.4, 0.5) is 0 Å². The zero-order valence-electron chi connectivity index (χ0n) is 20.2. The summed E-state index contributed by atoms with van der Waals surface area (Å²) >= 11 is 0. The average molecular weight is 415 g/mol. The molecule has 0 N–H and O–H groups in total. The molecule has 0 saturated heterocycles. The fourth-order valence-corrected chi connectivity index (χ4v) is 3.33. The van der Waals surface area contributed by atoms with E-state index in [4.69, 9.17) is 0 Å². The predicted octanol–water partition coefficient (Wildman–Crippen LogP) is 9.10. The van der Waals surface area contributed by atoms with Crippen LogP contribution in [0.25, 0.3) is 0 Å². The second-order valence-corrected chi connectivity index (χ2v) is 14.5. The van der Waals surface area contributed by atoms with Gasteiger partial charge in [0.2, 0.25) is 0 Å². The van der Waals surface area contributed by atoms with Crippen LogP contribution < -0.4 is 0 Å². The first-order chi connectivity index (χ1) is 11.8. The van der Waals surface area contributed by atoms with Gasteiger partial charge in [0.1, 0.15) is 5.78 Å². The van der Waals surface area contributed by atoms with E-state index in [2.05, 4.69) is 79.9 Å². The summed E-state index contributed by atoms with van der Waals surface area (Å²) in [6.45, 7) is 26.0. The van der Waals surface area contributed by atoms with Crippen molar-refractivity contribution in [1.29, 1.82) is 0 Å². The minimum atomic E-state index is -0.202. The molecule has 0 unspecified atom stereocenters. The summed E-state index contributed by atoms with van der Waals surface area (Å²) in [5.74, 6) is 0.308. The second kappa shape index (κ2) is 12.4. The van der Waals surface area contributed by atoms with Crippen molar-refractivity contribution in [3.8, 4) is 0 Å². The van der Waals surface area contributed by atoms with E-state index < -0.39 is 0 Å². The minimum Gasteiger partial charge on any atom is -0.299 e. The highest BCUT2D eigenvalue weighted by Gasteiger charge is 2.19. The van der Waals surface area contributed by atoms with Crippen LogP contribution in [0.2, 0.25) is 0 Å². The summed E-state index contributed by atoms with van der Waals surface area (Å²) < 4.78 is 0.358. The molecule has 0 fully saturated rings. The van der Waals surface area contributed by atoms with Gasteiger partial charge >= 0.3 is 0 Å². The Kier molecular flexibility index (Phi) is 13.4. The van der Waals surface area contributed by atoms with Crippen LogP contribution >= 0.6 is 21.6 Å². The molecular weight excluding hydrogens is 368 g/mol. The van der Waals surface area contributed by atoms with E-state index in [1.165, 1.54) is 0 Å². The van der Waals surface area contributed by atoms with Gasteiger partial charge in [-0.2, -0.15) is 0 Å². The second-order valence-electron chi connectivity index (χ2n) is 11.5. The van der Waals surface area contributed by atoms with Crippen LogP contribution in [0.3, 0.4) is 0 Å². The quantitative estimate of drug-likeness (QED) is 0.318. The zero-order valence-corrected chi connectivity index (χ0v) is 21.8. The van der Waals surface area contributed by atoms with E-state index in [1.807, 2.05) is 48.4 Å². The molecule has 3 heteroatoms. The standard InChI is InChI=1S/C13H24O.C11H22S2/c1-12(2,3)10-8-7-9-11(14)13(4,5)6;1-10(2,3)8-7-9-12-13-11(4,5)6/h7-8H,9-10H2,1-6H3;7,9H,8H2,1-6H3. The molecule has 0 aliphatic carbocycles. The Balaban J connectivity index is 0. The van der Waals surface area contributed by atoms with Crippen LogP contribution in [0.5, 0.6) is 0 Å². The van der Waals surface area contributed by atoms with Crippen molar-refractivity contribution in [3.63, 3.8) is 0 Å². The molecule has 0 rings (SSSR count). The predicted molar refractivity (Wildman–Crippen MR) is 130 cm³/mol. The Hall–Kier alpha value is -0.150. The van der Waals surface area contributed by atoms with Crippen LogP contribution in [-0.4, -0.2) is 10.5 Å². The smallest absolute Gasteiger partial charge is 0.141 e. The molecule has 0 bridgehead atoms. The molecule has 160 valence electrons. The molecule has 0 aliphatic heterocycles. The van der Waals surface area contributed by atoms with E-state index in [9.17, 15) is 4.79 Å². The molecule has 0 aromatic heterocycles. The van der Waals surface area contributed by atoms with E-state index in [-0.39, 0.29) is 5.41 Å². The summed E-state index contributed by atoms with van der Waals surface area (Å²) in [6.07, 6.45) is 9.14. The maximum absolute atomic E-state index is 11.5. The Morgan fingerprint density at radius 1 is 0.704 bits per heavy atom. The highest BCUT2D eigenvalue weighted by molar-refractivity contribution is 8.78. The van der Waals surface area contributed by atoms with Gasteiger partial charge in [0.25, 0.3) is 0 Å². The Morgan fingerprint density at radius 3 is 1.52 bits per heavy atom. The highest BCUT2D eigenvalue weighted by atomic mass is 33.1. The summed E-state index contributed by atoms with van der Waals surface area (Å²) in [4.78, 5) is 11.5. The molecule has 0 saturated carbocycles. The number of Topliss-reactive ketones (excluding diaryl/α,β-unsaturated/α-hetero) is 1. The van der Waals surface area contributed by atoms with Gasteiger partial charge in [-0.1, -0.05) is 123 Å². The molecule has 0 amide bonds. The van der Waals surface area contributed by atoms with Gasteiger partial charge in [-0.15, -0.1) is 0 Å². The summed E-state index contributed by atoms with van der Waals surface area (Å²) in [5.41, 5.74) is 0.539. The lowest BCUT2D eigenvalue weighted by Gasteiger charge is -2.16. The molecule has 27 heavy (non-hydrogen) atoms. The molecule has 0 aromatic rings. The van der Waals surface area contributed by atoms with Crippen molar-refractivity contribution in [3.05, 3.63) is 23.6 Å². The Bertz CT molecular complexity index is 461. The maximum atomic E-state index is 11.5. The highest BCUT2D eigenvalue weighted by Crippen LogP contribution is 2.36. The zero-order chi connectivity index (χ0) is 21.9. The molecule has 0 radical (unpaired) electrons. The Labute approximate surface area is 179 Å². The monoisotopic (exact) mass is 414 g/mol. The third-order valence-electron chi connectivity index (χ3n) is 3.22. The molecule has 1 nitrogen and oxygen atoms in total. The normalized spacial score (nSPS) is 13.8. The van der Waals surface area contributed by atoms with Crippen molar-refractivity contribution >= 4 is 27.4 Å². The van der Waals surface area contributed by atoms with E-state index >= 15 is 0 Å². The first-order valence-electron chi connectivity index (χ1n) is 10.0. The van der Waals surface area contributed by atoms with Crippen LogP contribution in [0.15, 0.2) is 23.6 Å². The van der Waals surface area contributed by atoms with Crippen LogP contribution in [0.1, 0.15) is 102 Å². The fraction of sp³-hybridized carbons (Fsp3) is 0.792. The lowest BCUT2D eigenvalue weighted by molar-refractivity contribution is -0.125. The van der Waals surface area contributed by atoms with Crippen LogP contribution in [0, 0.1) is 16.2 Å². The number of ketones is 1. The lowest BCUT2D eigenvalue weighted by atomic mass is 9.88. The largest absolute Gasteiger partial charge is 0.299 e. The van der Waals surface area contributed by atoms with E-state index in [0.29, 0.717) is 27.8 Å². The fourth-order valence-electron chi connectivity index (χ4n) is 1.55. The van der Waals surface area contributed by atoms with Crippen molar-refractivity contribution in [2.45, 2.75) is 107 Å². The van der Waals surface area contributed by atoms with E-state index in [1.54, 1.807) is 0 Å². The third-order valence-corrected chi connectivity index (χ3v) is 6.24. The van der Waals surface area contributed by atoms with Crippen molar-refractivity contribution < 1.29 is 4.79 Å². The maximum Gasteiger partial charge on any atom is 0.141 e. The van der Waals surface area contributed by atoms with Gasteiger partial charge in [-0.25, -0.2) is 0 Å². The topological polar surface area (TPSA) is 17.1 Å². The molecule has 0 spiro atoms. The third kappa shape index (κ3) is 25.8. The number of carbonyl (C=O) groups excluding carboxylic acids is 1. The van der Waals surface area contributed by atoms with Gasteiger partial charge in [-0.3, -0.25) is 4.79 Å². The first-order valence-corrected chi connectivity index (χ1v) is 12.2. The lowest BCUT2D eigenvalue weighted by Crippen LogP contribution is -2.18. The van der Waals surface area contributed by atoms with Crippen molar-refractivity contribution in [2.24, 2.45) is 16.2 Å². The Morgan fingerprint density at radius 2 is 1.15 bits per heavy atom. The minimum absolute atomic E-state index is 0.202. The summed E-state index contributed by atoms with van der Waals surface area (Å²) in [5, 5.41) is 2.21. The van der Waals surface area contributed by atoms with Crippen molar-refractivity contribution in [2.75, 3.05) is 0 Å². The first kappa shape index (κ1) is 29.1.